The van der Waals surface area contributed by atoms with Gasteiger partial charge in [0, 0.05) is 18.8 Å². The number of ether oxygens (including phenoxy) is 1. The van der Waals surface area contributed by atoms with Gasteiger partial charge in [0.1, 0.15) is 11.2 Å². The summed E-state index contributed by atoms with van der Waals surface area (Å²) in [6.45, 7) is 1.45. The van der Waals surface area contributed by atoms with Crippen LogP contribution in [0.25, 0.3) is 0 Å². The van der Waals surface area contributed by atoms with Gasteiger partial charge < -0.3 is 14.9 Å². The molecule has 3 aliphatic rings. The predicted octanol–water partition coefficient (Wildman–Crippen LogP) is 1.77. The number of aliphatic hydroxyl groups excluding tert-OH is 1. The Morgan fingerprint density at radius 2 is 1.68 bits per heavy atom. The molecule has 2 N–H and O–H groups in total. The molecule has 4 nitrogen and oxygen atoms in total. The van der Waals surface area contributed by atoms with Crippen molar-refractivity contribution in [2.24, 2.45) is 11.8 Å². The average molecular weight is 268 g/mol. The minimum absolute atomic E-state index is 0.0734. The van der Waals surface area contributed by atoms with Gasteiger partial charge in [0.25, 0.3) is 0 Å². The minimum atomic E-state index is -1.02. The Bertz CT molecular complexity index is 382. The van der Waals surface area contributed by atoms with E-state index in [1.807, 2.05) is 0 Å². The standard InChI is InChI=1S/C15H24O4/c1-10(16)19-14-9-5-4-7-12(14)15(18)11(14)6-2-3-8-13(15)17/h11-13,17-18H,2-9H2,1H3/t11-,12?,13?,14-,15?/m0/s1. The molecule has 19 heavy (non-hydrogen) atoms. The second-order valence-corrected chi connectivity index (χ2v) is 6.59. The normalized spacial score (nSPS) is 49.3. The van der Waals surface area contributed by atoms with Crippen molar-refractivity contribution in [1.82, 2.24) is 0 Å². The fourth-order valence-corrected chi connectivity index (χ4v) is 5.06. The van der Waals surface area contributed by atoms with Crippen LogP contribution in [0.3, 0.4) is 0 Å². The van der Waals surface area contributed by atoms with Gasteiger partial charge in [-0.25, -0.2) is 0 Å². The molecule has 0 spiro atoms. The fourth-order valence-electron chi connectivity index (χ4n) is 5.06. The Morgan fingerprint density at radius 3 is 2.32 bits per heavy atom. The molecular formula is C15H24O4. The van der Waals surface area contributed by atoms with Crippen molar-refractivity contribution < 1.29 is 19.7 Å². The maximum atomic E-state index is 11.5. The van der Waals surface area contributed by atoms with Gasteiger partial charge in [-0.3, -0.25) is 4.79 Å². The van der Waals surface area contributed by atoms with Crippen LogP contribution in [0, 0.1) is 11.8 Å². The molecule has 4 heteroatoms. The van der Waals surface area contributed by atoms with E-state index >= 15 is 0 Å². The number of esters is 1. The molecule has 0 aromatic rings. The van der Waals surface area contributed by atoms with E-state index in [4.69, 9.17) is 4.74 Å². The van der Waals surface area contributed by atoms with Crippen LogP contribution < -0.4 is 0 Å². The summed E-state index contributed by atoms with van der Waals surface area (Å²) in [5.41, 5.74) is -1.52. The Labute approximate surface area is 114 Å². The zero-order valence-corrected chi connectivity index (χ0v) is 11.6. The van der Waals surface area contributed by atoms with Crippen molar-refractivity contribution in [1.29, 1.82) is 0 Å². The second-order valence-electron chi connectivity index (χ2n) is 6.59. The van der Waals surface area contributed by atoms with Crippen LogP contribution in [0.2, 0.25) is 0 Å². The van der Waals surface area contributed by atoms with E-state index < -0.39 is 17.3 Å². The largest absolute Gasteiger partial charge is 0.458 e. The van der Waals surface area contributed by atoms with E-state index in [0.29, 0.717) is 6.42 Å². The van der Waals surface area contributed by atoms with E-state index in [-0.39, 0.29) is 17.8 Å². The van der Waals surface area contributed by atoms with E-state index in [2.05, 4.69) is 0 Å². The SMILES string of the molecule is CC(=O)O[C@]12CCCCC1C1(O)C(O)CCCC[C@H]12. The van der Waals surface area contributed by atoms with Gasteiger partial charge in [0.2, 0.25) is 0 Å². The summed E-state index contributed by atoms with van der Waals surface area (Å²) < 4.78 is 5.71. The van der Waals surface area contributed by atoms with Gasteiger partial charge in [-0.1, -0.05) is 19.3 Å². The number of aliphatic hydroxyl groups is 2. The minimum Gasteiger partial charge on any atom is -0.458 e. The van der Waals surface area contributed by atoms with Gasteiger partial charge in [-0.05, 0) is 32.1 Å². The molecule has 3 saturated carbocycles. The number of carbonyl (C=O) groups excluding carboxylic acids is 1. The predicted molar refractivity (Wildman–Crippen MR) is 69.4 cm³/mol. The Hall–Kier alpha value is -0.610. The smallest absolute Gasteiger partial charge is 0.303 e. The van der Waals surface area contributed by atoms with Crippen LogP contribution in [0.4, 0.5) is 0 Å². The zero-order valence-electron chi connectivity index (χ0n) is 11.6. The van der Waals surface area contributed by atoms with Gasteiger partial charge >= 0.3 is 5.97 Å². The van der Waals surface area contributed by atoms with E-state index in [1.165, 1.54) is 6.92 Å². The van der Waals surface area contributed by atoms with Crippen molar-refractivity contribution in [2.75, 3.05) is 0 Å². The molecule has 0 heterocycles. The van der Waals surface area contributed by atoms with Crippen molar-refractivity contribution >= 4 is 5.97 Å². The quantitative estimate of drug-likeness (QED) is 0.711. The second kappa shape index (κ2) is 4.45. The molecule has 3 rings (SSSR count). The van der Waals surface area contributed by atoms with E-state index in [0.717, 1.165) is 44.9 Å². The summed E-state index contributed by atoms with van der Waals surface area (Å²) in [6, 6.07) is 0. The molecule has 0 aromatic heterocycles. The molecule has 0 aromatic carbocycles. The number of hydrogen-bond donors (Lipinski definition) is 2. The number of carbonyl (C=O) groups is 1. The highest BCUT2D eigenvalue weighted by Gasteiger charge is 2.74. The van der Waals surface area contributed by atoms with Crippen LogP contribution >= 0.6 is 0 Å². The number of rotatable bonds is 1. The first-order valence-corrected chi connectivity index (χ1v) is 7.62. The van der Waals surface area contributed by atoms with Gasteiger partial charge in [-0.2, -0.15) is 0 Å². The molecule has 108 valence electrons. The summed E-state index contributed by atoms with van der Waals surface area (Å²) in [6.07, 6.45) is 6.61. The van der Waals surface area contributed by atoms with Crippen LogP contribution in [-0.4, -0.2) is 33.5 Å². The molecule has 3 fully saturated rings. The maximum absolute atomic E-state index is 11.5. The maximum Gasteiger partial charge on any atom is 0.303 e. The van der Waals surface area contributed by atoms with Crippen molar-refractivity contribution in [3.63, 3.8) is 0 Å². The lowest BCUT2D eigenvalue weighted by atomic mass is 9.44. The van der Waals surface area contributed by atoms with E-state index in [9.17, 15) is 15.0 Å². The summed E-state index contributed by atoms with van der Waals surface area (Å²) >= 11 is 0. The monoisotopic (exact) mass is 268 g/mol. The third kappa shape index (κ3) is 1.69. The highest BCUT2D eigenvalue weighted by molar-refractivity contribution is 5.67. The first-order chi connectivity index (χ1) is 9.02. The van der Waals surface area contributed by atoms with Crippen molar-refractivity contribution in [2.45, 2.75) is 75.6 Å². The Balaban J connectivity index is 1.95. The molecular weight excluding hydrogens is 244 g/mol. The highest BCUT2D eigenvalue weighted by Crippen LogP contribution is 2.64. The third-order valence-electron chi connectivity index (χ3n) is 5.69. The van der Waals surface area contributed by atoms with Crippen molar-refractivity contribution in [3.05, 3.63) is 0 Å². The molecule has 0 bridgehead atoms. The average Bonchev–Trinajstić information content (AvgIpc) is 2.48. The first kappa shape index (κ1) is 13.4. The van der Waals surface area contributed by atoms with Crippen molar-refractivity contribution in [3.8, 4) is 0 Å². The van der Waals surface area contributed by atoms with Crippen LogP contribution in [0.15, 0.2) is 0 Å². The fraction of sp³-hybridized carbons (Fsp3) is 0.933. The molecule has 3 aliphatic carbocycles. The third-order valence-corrected chi connectivity index (χ3v) is 5.69. The summed E-state index contributed by atoms with van der Waals surface area (Å²) in [7, 11) is 0. The molecule has 0 amide bonds. The first-order valence-electron chi connectivity index (χ1n) is 7.62. The van der Waals surface area contributed by atoms with Gasteiger partial charge in [0.05, 0.1) is 6.10 Å². The van der Waals surface area contributed by atoms with Crippen LogP contribution in [-0.2, 0) is 9.53 Å². The molecule has 5 atom stereocenters. The molecule has 0 saturated heterocycles. The summed E-state index contributed by atoms with van der Waals surface area (Å²) in [5, 5.41) is 21.3. The molecule has 3 unspecified atom stereocenters. The number of hydrogen-bond acceptors (Lipinski definition) is 4. The topological polar surface area (TPSA) is 66.8 Å². The molecule has 0 aliphatic heterocycles. The Kier molecular flexibility index (Phi) is 3.13. The summed E-state index contributed by atoms with van der Waals surface area (Å²) in [4.78, 5) is 11.5. The van der Waals surface area contributed by atoms with Crippen LogP contribution in [0.5, 0.6) is 0 Å². The van der Waals surface area contributed by atoms with Crippen LogP contribution in [0.1, 0.15) is 58.3 Å². The lowest BCUT2D eigenvalue weighted by Crippen LogP contribution is -2.79. The van der Waals surface area contributed by atoms with Gasteiger partial charge in [-0.15, -0.1) is 0 Å². The highest BCUT2D eigenvalue weighted by atomic mass is 16.6. The van der Waals surface area contributed by atoms with Gasteiger partial charge in [0.15, 0.2) is 0 Å². The zero-order chi connectivity index (χ0) is 13.7. The lowest BCUT2D eigenvalue weighted by molar-refractivity contribution is -0.333. The number of fused-ring (bicyclic) bond motifs is 4. The van der Waals surface area contributed by atoms with E-state index in [1.54, 1.807) is 0 Å². The summed E-state index contributed by atoms with van der Waals surface area (Å²) in [5.74, 6) is -0.407. The Morgan fingerprint density at radius 1 is 1.11 bits per heavy atom. The molecule has 0 radical (unpaired) electrons. The lowest BCUT2D eigenvalue weighted by Gasteiger charge is -2.67.